The van der Waals surface area contributed by atoms with Gasteiger partial charge in [-0.05, 0) is 23.9 Å². The van der Waals surface area contributed by atoms with E-state index >= 15 is 0 Å². The quantitative estimate of drug-likeness (QED) is 0.546. The zero-order valence-electron chi connectivity index (χ0n) is 15.9. The predicted octanol–water partition coefficient (Wildman–Crippen LogP) is 4.67. The van der Waals surface area contributed by atoms with E-state index in [-0.39, 0.29) is 5.91 Å². The van der Waals surface area contributed by atoms with Crippen molar-refractivity contribution >= 4 is 16.7 Å². The predicted molar refractivity (Wildman–Crippen MR) is 108 cm³/mol. The molecule has 1 amide bonds. The van der Waals surface area contributed by atoms with Gasteiger partial charge in [-0.25, -0.2) is 0 Å². The Morgan fingerprint density at radius 1 is 0.926 bits per heavy atom. The van der Waals surface area contributed by atoms with E-state index in [0.717, 1.165) is 27.8 Å². The molecular weight excluding hydrogens is 338 g/mol. The number of amides is 1. The summed E-state index contributed by atoms with van der Waals surface area (Å²) in [4.78, 5) is 14.1. The number of methoxy groups -OCH3 is 1. The largest absolute Gasteiger partial charge is 0.496 e. The fraction of sp³-hybridized carbons (Fsp3) is 0.261. The second-order valence-electron chi connectivity index (χ2n) is 6.49. The Morgan fingerprint density at radius 3 is 2.48 bits per heavy atom. The van der Waals surface area contributed by atoms with Gasteiger partial charge in [-0.15, -0.1) is 0 Å². The third-order valence-corrected chi connectivity index (χ3v) is 4.57. The summed E-state index contributed by atoms with van der Waals surface area (Å²) in [6.07, 6.45) is 1.13. The van der Waals surface area contributed by atoms with Crippen molar-refractivity contribution in [2.45, 2.75) is 19.4 Å². The molecule has 4 nitrogen and oxygen atoms in total. The molecule has 0 bridgehead atoms. The van der Waals surface area contributed by atoms with Crippen LogP contribution in [-0.2, 0) is 11.3 Å². The van der Waals surface area contributed by atoms with Crippen LogP contribution >= 0.6 is 0 Å². The molecule has 0 aromatic heterocycles. The van der Waals surface area contributed by atoms with Gasteiger partial charge >= 0.3 is 0 Å². The van der Waals surface area contributed by atoms with Crippen LogP contribution in [-0.4, -0.2) is 31.6 Å². The summed E-state index contributed by atoms with van der Waals surface area (Å²) in [6, 6.07) is 21.9. The van der Waals surface area contributed by atoms with E-state index in [1.165, 1.54) is 0 Å². The van der Waals surface area contributed by atoms with Gasteiger partial charge in [-0.1, -0.05) is 54.6 Å². The number of hydrogen-bond acceptors (Lipinski definition) is 3. The zero-order valence-corrected chi connectivity index (χ0v) is 15.9. The summed E-state index contributed by atoms with van der Waals surface area (Å²) >= 11 is 0. The lowest BCUT2D eigenvalue weighted by Gasteiger charge is -2.19. The van der Waals surface area contributed by atoms with Crippen LogP contribution in [0.1, 0.15) is 18.4 Å². The molecule has 140 valence electrons. The van der Waals surface area contributed by atoms with Crippen molar-refractivity contribution in [2.75, 3.05) is 20.8 Å². The standard InChI is InChI=1S/C23H25NO3/c1-24(17-19-10-4-6-13-21(19)26-2)23(25)15-8-16-27-22-14-7-11-18-9-3-5-12-20(18)22/h3-7,9-14H,8,15-17H2,1-2H3. The molecule has 3 aromatic rings. The minimum Gasteiger partial charge on any atom is -0.496 e. The maximum absolute atomic E-state index is 12.4. The van der Waals surface area contributed by atoms with E-state index in [2.05, 4.69) is 18.2 Å². The van der Waals surface area contributed by atoms with Gasteiger partial charge in [0.2, 0.25) is 5.91 Å². The number of nitrogens with zero attached hydrogens (tertiary/aromatic N) is 1. The van der Waals surface area contributed by atoms with Crippen LogP contribution in [0.25, 0.3) is 10.8 Å². The van der Waals surface area contributed by atoms with Crippen molar-refractivity contribution < 1.29 is 14.3 Å². The molecule has 0 fully saturated rings. The minimum absolute atomic E-state index is 0.0995. The number of hydrogen-bond donors (Lipinski definition) is 0. The lowest BCUT2D eigenvalue weighted by Crippen LogP contribution is -2.26. The minimum atomic E-state index is 0.0995. The highest BCUT2D eigenvalue weighted by molar-refractivity contribution is 5.88. The molecular formula is C23H25NO3. The highest BCUT2D eigenvalue weighted by atomic mass is 16.5. The Bertz CT molecular complexity index is 902. The average Bonchev–Trinajstić information content (AvgIpc) is 2.71. The topological polar surface area (TPSA) is 38.8 Å². The normalized spacial score (nSPS) is 10.6. The number of carbonyl (C=O) groups excluding carboxylic acids is 1. The van der Waals surface area contributed by atoms with E-state index in [9.17, 15) is 4.79 Å². The SMILES string of the molecule is COc1ccccc1CN(C)C(=O)CCCOc1cccc2ccccc12. The van der Waals surface area contributed by atoms with Gasteiger partial charge in [0.25, 0.3) is 0 Å². The molecule has 0 unspecified atom stereocenters. The highest BCUT2D eigenvalue weighted by Gasteiger charge is 2.12. The van der Waals surface area contributed by atoms with E-state index in [4.69, 9.17) is 9.47 Å². The van der Waals surface area contributed by atoms with Gasteiger partial charge in [-0.2, -0.15) is 0 Å². The maximum atomic E-state index is 12.4. The molecule has 0 aliphatic heterocycles. The van der Waals surface area contributed by atoms with Crippen LogP contribution in [0.2, 0.25) is 0 Å². The second kappa shape index (κ2) is 9.08. The van der Waals surface area contributed by atoms with Gasteiger partial charge in [0, 0.05) is 31.0 Å². The van der Waals surface area contributed by atoms with E-state index in [0.29, 0.717) is 26.0 Å². The number of rotatable bonds is 8. The van der Waals surface area contributed by atoms with E-state index < -0.39 is 0 Å². The average molecular weight is 363 g/mol. The van der Waals surface area contributed by atoms with E-state index in [1.54, 1.807) is 12.0 Å². The van der Waals surface area contributed by atoms with Crippen molar-refractivity contribution in [3.63, 3.8) is 0 Å². The Morgan fingerprint density at radius 2 is 1.63 bits per heavy atom. The Hall–Kier alpha value is -3.01. The molecule has 0 heterocycles. The summed E-state index contributed by atoms with van der Waals surface area (Å²) in [5.74, 6) is 1.77. The van der Waals surface area contributed by atoms with Crippen molar-refractivity contribution in [1.82, 2.24) is 4.90 Å². The maximum Gasteiger partial charge on any atom is 0.222 e. The molecule has 0 aliphatic rings. The first-order valence-electron chi connectivity index (χ1n) is 9.15. The summed E-state index contributed by atoms with van der Waals surface area (Å²) in [6.45, 7) is 1.05. The highest BCUT2D eigenvalue weighted by Crippen LogP contribution is 2.25. The lowest BCUT2D eigenvalue weighted by molar-refractivity contribution is -0.130. The number of carbonyl (C=O) groups is 1. The fourth-order valence-electron chi connectivity index (χ4n) is 3.10. The molecule has 0 saturated carbocycles. The molecule has 3 aromatic carbocycles. The molecule has 0 radical (unpaired) electrons. The summed E-state index contributed by atoms with van der Waals surface area (Å²) in [5.41, 5.74) is 1.00. The number of para-hydroxylation sites is 1. The van der Waals surface area contributed by atoms with Gasteiger partial charge in [0.05, 0.1) is 13.7 Å². The van der Waals surface area contributed by atoms with Crippen molar-refractivity contribution in [1.29, 1.82) is 0 Å². The first kappa shape index (κ1) is 18.8. The van der Waals surface area contributed by atoms with Gasteiger partial charge in [-0.3, -0.25) is 4.79 Å². The third kappa shape index (κ3) is 4.79. The monoisotopic (exact) mass is 363 g/mol. The number of fused-ring (bicyclic) bond motifs is 1. The first-order valence-corrected chi connectivity index (χ1v) is 9.15. The Labute approximate surface area is 160 Å². The number of ether oxygens (including phenoxy) is 2. The summed E-state index contributed by atoms with van der Waals surface area (Å²) in [7, 11) is 3.46. The van der Waals surface area contributed by atoms with Crippen molar-refractivity contribution in [3.8, 4) is 11.5 Å². The lowest BCUT2D eigenvalue weighted by atomic mass is 10.1. The van der Waals surface area contributed by atoms with Gasteiger partial charge in [0.15, 0.2) is 0 Å². The molecule has 3 rings (SSSR count). The Kier molecular flexibility index (Phi) is 6.31. The zero-order chi connectivity index (χ0) is 19.1. The van der Waals surface area contributed by atoms with Crippen LogP contribution in [0.3, 0.4) is 0 Å². The molecule has 27 heavy (non-hydrogen) atoms. The smallest absolute Gasteiger partial charge is 0.222 e. The third-order valence-electron chi connectivity index (χ3n) is 4.57. The molecule has 0 atom stereocenters. The fourth-order valence-corrected chi connectivity index (χ4v) is 3.10. The Balaban J connectivity index is 1.49. The molecule has 0 aliphatic carbocycles. The van der Waals surface area contributed by atoms with Crippen LogP contribution < -0.4 is 9.47 Å². The van der Waals surface area contributed by atoms with E-state index in [1.807, 2.05) is 55.6 Å². The molecule has 0 saturated heterocycles. The van der Waals surface area contributed by atoms with Crippen LogP contribution in [0.5, 0.6) is 11.5 Å². The molecule has 0 N–H and O–H groups in total. The molecule has 0 spiro atoms. The molecule has 4 heteroatoms. The van der Waals surface area contributed by atoms with Crippen LogP contribution in [0, 0.1) is 0 Å². The first-order chi connectivity index (χ1) is 13.2. The number of benzene rings is 3. The van der Waals surface area contributed by atoms with Crippen LogP contribution in [0.15, 0.2) is 66.7 Å². The van der Waals surface area contributed by atoms with Gasteiger partial charge < -0.3 is 14.4 Å². The van der Waals surface area contributed by atoms with Crippen molar-refractivity contribution in [2.24, 2.45) is 0 Å². The van der Waals surface area contributed by atoms with Crippen LogP contribution in [0.4, 0.5) is 0 Å². The summed E-state index contributed by atoms with van der Waals surface area (Å²) < 4.78 is 11.3. The summed E-state index contributed by atoms with van der Waals surface area (Å²) in [5, 5.41) is 2.25. The van der Waals surface area contributed by atoms with Crippen molar-refractivity contribution in [3.05, 3.63) is 72.3 Å². The van der Waals surface area contributed by atoms with Gasteiger partial charge in [0.1, 0.15) is 11.5 Å². The second-order valence-corrected chi connectivity index (χ2v) is 6.49.